The molecule has 1 aromatic carbocycles. The van der Waals surface area contributed by atoms with Gasteiger partial charge in [-0.1, -0.05) is 31.0 Å². The van der Waals surface area contributed by atoms with E-state index in [1.165, 1.54) is 37.7 Å². The minimum Gasteiger partial charge on any atom is -0.310 e. The first-order chi connectivity index (χ1) is 8.69. The molecule has 0 aliphatic heterocycles. The van der Waals surface area contributed by atoms with Crippen molar-refractivity contribution in [3.8, 4) is 0 Å². The highest BCUT2D eigenvalue weighted by atomic mass is 79.9. The van der Waals surface area contributed by atoms with E-state index in [9.17, 15) is 0 Å². The zero-order valence-electron chi connectivity index (χ0n) is 10.9. The summed E-state index contributed by atoms with van der Waals surface area (Å²) in [5.74, 6) is 0.963. The molecule has 18 heavy (non-hydrogen) atoms. The third kappa shape index (κ3) is 3.97. The summed E-state index contributed by atoms with van der Waals surface area (Å²) in [6.07, 6.45) is 6.76. The van der Waals surface area contributed by atoms with Gasteiger partial charge in [0.25, 0.3) is 0 Å². The average molecular weight is 331 g/mol. The standard InChI is InChI=1S/C15H21BrClN/c1-2-11-3-6-13(7-4-11)18-10-12-5-8-14(16)15(17)9-12/h5,8-9,11,13,18H,2-4,6-7,10H2,1H3. The Kier molecular flexibility index (Phi) is 5.53. The van der Waals surface area contributed by atoms with Crippen LogP contribution < -0.4 is 5.32 Å². The fraction of sp³-hybridized carbons (Fsp3) is 0.600. The molecule has 1 N–H and O–H groups in total. The van der Waals surface area contributed by atoms with Crippen LogP contribution in [0.2, 0.25) is 5.02 Å². The molecule has 0 heterocycles. The maximum Gasteiger partial charge on any atom is 0.0551 e. The van der Waals surface area contributed by atoms with Gasteiger partial charge >= 0.3 is 0 Å². The van der Waals surface area contributed by atoms with Gasteiger partial charge in [-0.25, -0.2) is 0 Å². The van der Waals surface area contributed by atoms with Crippen LogP contribution >= 0.6 is 27.5 Å². The van der Waals surface area contributed by atoms with Crippen LogP contribution in [-0.2, 0) is 6.54 Å². The maximum atomic E-state index is 6.10. The summed E-state index contributed by atoms with van der Waals surface area (Å²) < 4.78 is 0.969. The predicted molar refractivity (Wildman–Crippen MR) is 82.0 cm³/mol. The molecule has 1 saturated carbocycles. The van der Waals surface area contributed by atoms with Crippen molar-refractivity contribution in [1.82, 2.24) is 5.32 Å². The van der Waals surface area contributed by atoms with Crippen LogP contribution in [0.25, 0.3) is 0 Å². The first-order valence-electron chi connectivity index (χ1n) is 6.86. The van der Waals surface area contributed by atoms with Crippen molar-refractivity contribution in [1.29, 1.82) is 0 Å². The summed E-state index contributed by atoms with van der Waals surface area (Å²) in [7, 11) is 0. The molecule has 0 amide bonds. The van der Waals surface area contributed by atoms with Crippen LogP contribution in [0.5, 0.6) is 0 Å². The quantitative estimate of drug-likeness (QED) is 0.804. The van der Waals surface area contributed by atoms with E-state index in [-0.39, 0.29) is 0 Å². The number of halogens is 2. The van der Waals surface area contributed by atoms with Crippen molar-refractivity contribution in [2.75, 3.05) is 0 Å². The summed E-state index contributed by atoms with van der Waals surface area (Å²) in [5, 5.41) is 4.45. The summed E-state index contributed by atoms with van der Waals surface area (Å²) in [6, 6.07) is 6.87. The first-order valence-corrected chi connectivity index (χ1v) is 8.03. The van der Waals surface area contributed by atoms with Crippen molar-refractivity contribution in [3.05, 3.63) is 33.3 Å². The van der Waals surface area contributed by atoms with Crippen LogP contribution in [-0.4, -0.2) is 6.04 Å². The van der Waals surface area contributed by atoms with E-state index < -0.39 is 0 Å². The molecule has 0 atom stereocenters. The van der Waals surface area contributed by atoms with Gasteiger partial charge in [0.15, 0.2) is 0 Å². The van der Waals surface area contributed by atoms with E-state index in [4.69, 9.17) is 11.6 Å². The zero-order valence-corrected chi connectivity index (χ0v) is 13.2. The molecule has 1 aliphatic carbocycles. The Balaban J connectivity index is 1.79. The first kappa shape index (κ1) is 14.4. The molecule has 0 radical (unpaired) electrons. The molecular weight excluding hydrogens is 310 g/mol. The Hall–Kier alpha value is -0.0500. The largest absolute Gasteiger partial charge is 0.310 e. The lowest BCUT2D eigenvalue weighted by molar-refractivity contribution is 0.285. The van der Waals surface area contributed by atoms with Gasteiger partial charge in [0.05, 0.1) is 5.02 Å². The SMILES string of the molecule is CCC1CCC(NCc2ccc(Br)c(Cl)c2)CC1. The highest BCUT2D eigenvalue weighted by Crippen LogP contribution is 2.27. The van der Waals surface area contributed by atoms with Crippen LogP contribution in [0.3, 0.4) is 0 Å². The smallest absolute Gasteiger partial charge is 0.0551 e. The van der Waals surface area contributed by atoms with E-state index in [1.54, 1.807) is 0 Å². The van der Waals surface area contributed by atoms with Crippen LogP contribution in [0, 0.1) is 5.92 Å². The van der Waals surface area contributed by atoms with Gasteiger partial charge in [0.2, 0.25) is 0 Å². The molecule has 100 valence electrons. The molecule has 0 bridgehead atoms. The summed E-state index contributed by atoms with van der Waals surface area (Å²) >= 11 is 9.52. The second-order valence-corrected chi connectivity index (χ2v) is 6.52. The van der Waals surface area contributed by atoms with Crippen molar-refractivity contribution >= 4 is 27.5 Å². The lowest BCUT2D eigenvalue weighted by Gasteiger charge is -2.28. The molecule has 1 fully saturated rings. The average Bonchev–Trinajstić information content (AvgIpc) is 2.41. The molecular formula is C15H21BrClN. The highest BCUT2D eigenvalue weighted by Gasteiger charge is 2.19. The van der Waals surface area contributed by atoms with Crippen molar-refractivity contribution < 1.29 is 0 Å². The summed E-state index contributed by atoms with van der Waals surface area (Å²) in [6.45, 7) is 3.23. The topological polar surface area (TPSA) is 12.0 Å². The highest BCUT2D eigenvalue weighted by molar-refractivity contribution is 9.10. The Morgan fingerprint density at radius 3 is 2.61 bits per heavy atom. The van der Waals surface area contributed by atoms with Crippen molar-refractivity contribution in [2.24, 2.45) is 5.92 Å². The number of rotatable bonds is 4. The number of nitrogens with one attached hydrogen (secondary N) is 1. The van der Waals surface area contributed by atoms with E-state index in [2.05, 4.69) is 34.2 Å². The third-order valence-electron chi connectivity index (χ3n) is 4.00. The maximum absolute atomic E-state index is 6.10. The van der Waals surface area contributed by atoms with Gasteiger partial charge in [-0.3, -0.25) is 0 Å². The fourth-order valence-electron chi connectivity index (χ4n) is 2.69. The second kappa shape index (κ2) is 6.93. The van der Waals surface area contributed by atoms with Crippen molar-refractivity contribution in [2.45, 2.75) is 51.6 Å². The normalized spacial score (nSPS) is 24.2. The van der Waals surface area contributed by atoms with Gasteiger partial charge in [-0.05, 0) is 65.2 Å². The predicted octanol–water partition coefficient (Wildman–Crippen LogP) is 5.16. The van der Waals surface area contributed by atoms with E-state index in [0.29, 0.717) is 6.04 Å². The van der Waals surface area contributed by atoms with Gasteiger partial charge in [0.1, 0.15) is 0 Å². The zero-order chi connectivity index (χ0) is 13.0. The van der Waals surface area contributed by atoms with Gasteiger partial charge in [0, 0.05) is 17.1 Å². The Labute approximate surface area is 123 Å². The fourth-order valence-corrected chi connectivity index (χ4v) is 3.14. The molecule has 1 aliphatic rings. The Morgan fingerprint density at radius 1 is 1.28 bits per heavy atom. The molecule has 1 nitrogen and oxygen atoms in total. The Bertz CT molecular complexity index is 386. The molecule has 0 spiro atoms. The van der Waals surface area contributed by atoms with E-state index in [1.807, 2.05) is 12.1 Å². The Morgan fingerprint density at radius 2 is 2.00 bits per heavy atom. The molecule has 3 heteroatoms. The number of benzene rings is 1. The third-order valence-corrected chi connectivity index (χ3v) is 5.24. The lowest BCUT2D eigenvalue weighted by Crippen LogP contribution is -2.32. The van der Waals surface area contributed by atoms with Gasteiger partial charge < -0.3 is 5.32 Å². The minimum absolute atomic E-state index is 0.690. The monoisotopic (exact) mass is 329 g/mol. The van der Waals surface area contributed by atoms with E-state index >= 15 is 0 Å². The molecule has 0 saturated heterocycles. The van der Waals surface area contributed by atoms with Crippen LogP contribution in [0.4, 0.5) is 0 Å². The minimum atomic E-state index is 0.690. The molecule has 0 aromatic heterocycles. The van der Waals surface area contributed by atoms with Crippen molar-refractivity contribution in [3.63, 3.8) is 0 Å². The van der Waals surface area contributed by atoms with E-state index in [0.717, 1.165) is 22.0 Å². The number of hydrogen-bond donors (Lipinski definition) is 1. The van der Waals surface area contributed by atoms with Crippen LogP contribution in [0.1, 0.15) is 44.6 Å². The van der Waals surface area contributed by atoms with Crippen LogP contribution in [0.15, 0.2) is 22.7 Å². The van der Waals surface area contributed by atoms with Gasteiger partial charge in [-0.2, -0.15) is 0 Å². The second-order valence-electron chi connectivity index (χ2n) is 5.26. The lowest BCUT2D eigenvalue weighted by atomic mass is 9.84. The summed E-state index contributed by atoms with van der Waals surface area (Å²) in [4.78, 5) is 0. The summed E-state index contributed by atoms with van der Waals surface area (Å²) in [5.41, 5.74) is 1.26. The van der Waals surface area contributed by atoms with Gasteiger partial charge in [-0.15, -0.1) is 0 Å². The molecule has 1 aromatic rings. The molecule has 0 unspecified atom stereocenters. The molecule has 2 rings (SSSR count). The number of hydrogen-bond acceptors (Lipinski definition) is 1.